The predicted octanol–water partition coefficient (Wildman–Crippen LogP) is 3.91. The molecule has 1 unspecified atom stereocenters. The predicted molar refractivity (Wildman–Crippen MR) is 116 cm³/mol. The Balaban J connectivity index is 2.50. The first kappa shape index (κ1) is 24.4. The van der Waals surface area contributed by atoms with Crippen LogP contribution in [0.15, 0.2) is 71.2 Å². The Kier molecular flexibility index (Phi) is 6.68. The topological polar surface area (TPSA) is 106 Å². The number of halogens is 3. The average molecular weight is 471 g/mol. The molecule has 1 heterocycles. The van der Waals surface area contributed by atoms with Crippen molar-refractivity contribution in [3.8, 4) is 6.07 Å². The highest BCUT2D eigenvalue weighted by molar-refractivity contribution is 6.06. The lowest BCUT2D eigenvalue weighted by Crippen LogP contribution is -2.41. The molecule has 2 N–H and O–H groups in total. The van der Waals surface area contributed by atoms with Crippen LogP contribution < -0.4 is 10.6 Å². The first-order valence-electron chi connectivity index (χ1n) is 9.90. The summed E-state index contributed by atoms with van der Waals surface area (Å²) in [5, 5.41) is 9.97. The van der Waals surface area contributed by atoms with Crippen LogP contribution >= 0.6 is 0 Å². The van der Waals surface area contributed by atoms with E-state index in [0.29, 0.717) is 11.1 Å². The van der Waals surface area contributed by atoms with E-state index >= 15 is 0 Å². The van der Waals surface area contributed by atoms with Crippen LogP contribution in [-0.4, -0.2) is 26.2 Å². The minimum atomic E-state index is -4.83. The van der Waals surface area contributed by atoms with Gasteiger partial charge in [0.1, 0.15) is 11.5 Å². The van der Waals surface area contributed by atoms with Gasteiger partial charge in [-0.1, -0.05) is 36.4 Å². The number of nitriles is 1. The molecular formula is C24H20F3N3O4. The molecule has 1 atom stereocenters. The Morgan fingerprint density at radius 3 is 2.21 bits per heavy atom. The van der Waals surface area contributed by atoms with Crippen molar-refractivity contribution in [1.82, 2.24) is 0 Å². The van der Waals surface area contributed by atoms with E-state index in [1.54, 1.807) is 37.3 Å². The third kappa shape index (κ3) is 4.20. The summed E-state index contributed by atoms with van der Waals surface area (Å²) in [6, 6.07) is 13.3. The Labute approximate surface area is 193 Å². The summed E-state index contributed by atoms with van der Waals surface area (Å²) in [4.78, 5) is 26.7. The quantitative estimate of drug-likeness (QED) is 0.674. The first-order valence-corrected chi connectivity index (χ1v) is 9.90. The highest BCUT2D eigenvalue weighted by atomic mass is 19.4. The molecule has 176 valence electrons. The monoisotopic (exact) mass is 471 g/mol. The second-order valence-electron chi connectivity index (χ2n) is 7.35. The Hall–Kier alpha value is -4.26. The summed E-state index contributed by atoms with van der Waals surface area (Å²) >= 11 is 0. The largest absolute Gasteiger partial charge is 0.466 e. The maximum atomic E-state index is 13.9. The summed E-state index contributed by atoms with van der Waals surface area (Å²) in [5.74, 6) is -3.78. The van der Waals surface area contributed by atoms with Crippen LogP contribution in [0.1, 0.15) is 22.6 Å². The standard InChI is InChI=1S/C24H20F3N3O4/c1-13-9-10-16(24(25,26)27)17(11-13)30-20(23(32)34-3)19(22(31)33-2)18(15(12-28)21(30)29)14-7-5-4-6-8-14/h4-11,18H,29H2,1-3H3. The number of alkyl halides is 3. The number of methoxy groups -OCH3 is 2. The molecule has 7 nitrogen and oxygen atoms in total. The number of ether oxygens (including phenoxy) is 2. The summed E-state index contributed by atoms with van der Waals surface area (Å²) in [5.41, 5.74) is 4.26. The zero-order chi connectivity index (χ0) is 25.2. The molecule has 10 heteroatoms. The number of aryl methyl sites for hydroxylation is 1. The van der Waals surface area contributed by atoms with Gasteiger partial charge < -0.3 is 15.2 Å². The number of allylic oxidation sites excluding steroid dienone is 1. The number of anilines is 1. The lowest BCUT2D eigenvalue weighted by molar-refractivity contribution is -0.139. The third-order valence-electron chi connectivity index (χ3n) is 5.31. The molecule has 0 fully saturated rings. The van der Waals surface area contributed by atoms with Gasteiger partial charge in [0.05, 0.1) is 48.6 Å². The number of hydrogen-bond donors (Lipinski definition) is 1. The molecule has 0 spiro atoms. The van der Waals surface area contributed by atoms with Crippen molar-refractivity contribution >= 4 is 17.6 Å². The molecule has 1 aliphatic rings. The number of carbonyl (C=O) groups excluding carboxylic acids is 2. The summed E-state index contributed by atoms with van der Waals surface area (Å²) in [6.07, 6.45) is -4.83. The van der Waals surface area contributed by atoms with E-state index in [-0.39, 0.29) is 11.1 Å². The lowest BCUT2D eigenvalue weighted by Gasteiger charge is -2.37. The number of hydrogen-bond acceptors (Lipinski definition) is 7. The number of carbonyl (C=O) groups is 2. The van der Waals surface area contributed by atoms with Crippen LogP contribution in [0.25, 0.3) is 0 Å². The maximum absolute atomic E-state index is 13.9. The smallest absolute Gasteiger partial charge is 0.418 e. The van der Waals surface area contributed by atoms with Crippen molar-refractivity contribution in [2.75, 3.05) is 19.1 Å². The van der Waals surface area contributed by atoms with Crippen molar-refractivity contribution in [3.63, 3.8) is 0 Å². The van der Waals surface area contributed by atoms with Crippen LogP contribution in [0.5, 0.6) is 0 Å². The van der Waals surface area contributed by atoms with Crippen LogP contribution in [-0.2, 0) is 25.2 Å². The fourth-order valence-corrected chi connectivity index (χ4v) is 3.83. The van der Waals surface area contributed by atoms with E-state index in [1.165, 1.54) is 6.07 Å². The fourth-order valence-electron chi connectivity index (χ4n) is 3.83. The van der Waals surface area contributed by atoms with Gasteiger partial charge in [-0.3, -0.25) is 4.90 Å². The summed E-state index contributed by atoms with van der Waals surface area (Å²) in [7, 11) is 2.07. The van der Waals surface area contributed by atoms with Crippen LogP contribution in [0.3, 0.4) is 0 Å². The number of rotatable bonds is 4. The molecule has 0 saturated carbocycles. The van der Waals surface area contributed by atoms with Gasteiger partial charge in [-0.2, -0.15) is 18.4 Å². The van der Waals surface area contributed by atoms with Gasteiger partial charge in [0.15, 0.2) is 0 Å². The molecule has 34 heavy (non-hydrogen) atoms. The Bertz CT molecular complexity index is 1240. The van der Waals surface area contributed by atoms with Gasteiger partial charge in [-0.05, 0) is 30.2 Å². The van der Waals surface area contributed by atoms with E-state index in [2.05, 4.69) is 0 Å². The number of nitrogens with two attached hydrogens (primary N) is 1. The molecule has 0 aliphatic carbocycles. The average Bonchev–Trinajstić information content (AvgIpc) is 2.81. The molecule has 0 aromatic heterocycles. The van der Waals surface area contributed by atoms with Crippen molar-refractivity contribution in [2.45, 2.75) is 19.0 Å². The number of nitrogens with zero attached hydrogens (tertiary/aromatic N) is 2. The first-order chi connectivity index (χ1) is 16.1. The van der Waals surface area contributed by atoms with E-state index in [0.717, 1.165) is 31.3 Å². The van der Waals surface area contributed by atoms with Gasteiger partial charge in [-0.25, -0.2) is 9.59 Å². The van der Waals surface area contributed by atoms with E-state index < -0.39 is 46.8 Å². The van der Waals surface area contributed by atoms with Crippen LogP contribution in [0, 0.1) is 18.3 Å². The fraction of sp³-hybridized carbons (Fsp3) is 0.208. The van der Waals surface area contributed by atoms with Crippen LogP contribution in [0.2, 0.25) is 0 Å². The van der Waals surface area contributed by atoms with Gasteiger partial charge in [0.2, 0.25) is 0 Å². The Morgan fingerprint density at radius 2 is 1.68 bits per heavy atom. The second-order valence-corrected chi connectivity index (χ2v) is 7.35. The maximum Gasteiger partial charge on any atom is 0.418 e. The van der Waals surface area contributed by atoms with Crippen molar-refractivity contribution < 1.29 is 32.2 Å². The summed E-state index contributed by atoms with van der Waals surface area (Å²) in [6.45, 7) is 1.55. The summed E-state index contributed by atoms with van der Waals surface area (Å²) < 4.78 is 51.5. The van der Waals surface area contributed by atoms with E-state index in [9.17, 15) is 28.0 Å². The van der Waals surface area contributed by atoms with Gasteiger partial charge in [-0.15, -0.1) is 0 Å². The second kappa shape index (κ2) is 9.31. The highest BCUT2D eigenvalue weighted by Crippen LogP contribution is 2.46. The van der Waals surface area contributed by atoms with Gasteiger partial charge in [0.25, 0.3) is 0 Å². The van der Waals surface area contributed by atoms with Gasteiger partial charge >= 0.3 is 18.1 Å². The molecular weight excluding hydrogens is 451 g/mol. The van der Waals surface area contributed by atoms with Crippen LogP contribution in [0.4, 0.5) is 18.9 Å². The van der Waals surface area contributed by atoms with Crippen molar-refractivity contribution in [3.05, 3.63) is 87.9 Å². The minimum absolute atomic E-state index is 0.228. The molecule has 0 bridgehead atoms. The number of benzene rings is 2. The molecule has 3 rings (SSSR count). The molecule has 0 radical (unpaired) electrons. The zero-order valence-corrected chi connectivity index (χ0v) is 18.4. The Morgan fingerprint density at radius 1 is 1.06 bits per heavy atom. The minimum Gasteiger partial charge on any atom is -0.466 e. The molecule has 2 aromatic carbocycles. The molecule has 0 saturated heterocycles. The molecule has 1 aliphatic heterocycles. The highest BCUT2D eigenvalue weighted by Gasteiger charge is 2.45. The third-order valence-corrected chi connectivity index (χ3v) is 5.31. The van der Waals surface area contributed by atoms with Gasteiger partial charge in [0, 0.05) is 0 Å². The number of esters is 2. The van der Waals surface area contributed by atoms with Crippen molar-refractivity contribution in [1.29, 1.82) is 5.26 Å². The zero-order valence-electron chi connectivity index (χ0n) is 18.4. The lowest BCUT2D eigenvalue weighted by atomic mass is 9.80. The molecule has 2 aromatic rings. The van der Waals surface area contributed by atoms with E-state index in [4.69, 9.17) is 15.2 Å². The van der Waals surface area contributed by atoms with Crippen molar-refractivity contribution in [2.24, 2.45) is 5.73 Å². The molecule has 0 amide bonds. The normalized spacial score (nSPS) is 16.3. The SMILES string of the molecule is COC(=O)C1=C(C(=O)OC)N(c2cc(C)ccc2C(F)(F)F)C(N)=C(C#N)C1c1ccccc1. The van der Waals surface area contributed by atoms with E-state index in [1.807, 2.05) is 6.07 Å².